The second-order valence-electron chi connectivity index (χ2n) is 5.48. The van der Waals surface area contributed by atoms with E-state index < -0.39 is 0 Å². The van der Waals surface area contributed by atoms with Crippen LogP contribution in [0.3, 0.4) is 0 Å². The standard InChI is InChI=1S/C18H22N2O/c1-2-17(19)14-7-9-16(10-8-14)20-11-12-21-18-6-4-3-5-15(18)13-20/h3-10,17H,2,11-13,19H2,1H3/t17-/m0/s1. The molecule has 3 heteroatoms. The Morgan fingerprint density at radius 3 is 2.67 bits per heavy atom. The average molecular weight is 282 g/mol. The van der Waals surface area contributed by atoms with Crippen LogP contribution in [0, 0.1) is 0 Å². The summed E-state index contributed by atoms with van der Waals surface area (Å²) in [5, 5.41) is 0. The van der Waals surface area contributed by atoms with Crippen LogP contribution in [0.4, 0.5) is 5.69 Å². The Bertz CT molecular complexity index is 594. The van der Waals surface area contributed by atoms with Gasteiger partial charge in [-0.2, -0.15) is 0 Å². The summed E-state index contributed by atoms with van der Waals surface area (Å²) in [6.07, 6.45) is 0.963. The molecule has 0 radical (unpaired) electrons. The summed E-state index contributed by atoms with van der Waals surface area (Å²) in [5.41, 5.74) is 9.74. The van der Waals surface area contributed by atoms with E-state index in [2.05, 4.69) is 48.2 Å². The molecule has 3 rings (SSSR count). The predicted molar refractivity (Wildman–Crippen MR) is 86.6 cm³/mol. The summed E-state index contributed by atoms with van der Waals surface area (Å²) < 4.78 is 5.82. The van der Waals surface area contributed by atoms with E-state index in [0.29, 0.717) is 6.61 Å². The first-order chi connectivity index (χ1) is 10.3. The molecule has 0 aliphatic carbocycles. The molecular weight excluding hydrogens is 260 g/mol. The first-order valence-electron chi connectivity index (χ1n) is 7.59. The molecule has 0 fully saturated rings. The van der Waals surface area contributed by atoms with Gasteiger partial charge in [0.1, 0.15) is 12.4 Å². The minimum Gasteiger partial charge on any atom is -0.491 e. The first-order valence-corrected chi connectivity index (χ1v) is 7.59. The van der Waals surface area contributed by atoms with E-state index in [9.17, 15) is 0 Å². The van der Waals surface area contributed by atoms with Crippen LogP contribution < -0.4 is 15.4 Å². The van der Waals surface area contributed by atoms with Gasteiger partial charge in [-0.3, -0.25) is 0 Å². The highest BCUT2D eigenvalue weighted by Crippen LogP contribution is 2.27. The molecule has 0 aromatic heterocycles. The van der Waals surface area contributed by atoms with Crippen LogP contribution in [0.25, 0.3) is 0 Å². The fourth-order valence-electron chi connectivity index (χ4n) is 2.71. The molecule has 0 saturated carbocycles. The van der Waals surface area contributed by atoms with Crippen molar-refractivity contribution in [1.29, 1.82) is 0 Å². The lowest BCUT2D eigenvalue weighted by molar-refractivity contribution is 0.331. The summed E-state index contributed by atoms with van der Waals surface area (Å²) in [4.78, 5) is 2.35. The lowest BCUT2D eigenvalue weighted by atomic mass is 10.0. The predicted octanol–water partition coefficient (Wildman–Crippen LogP) is 3.50. The Balaban J connectivity index is 1.81. The maximum absolute atomic E-state index is 6.08. The van der Waals surface area contributed by atoms with Gasteiger partial charge in [0.15, 0.2) is 0 Å². The first kappa shape index (κ1) is 14.0. The van der Waals surface area contributed by atoms with Gasteiger partial charge in [-0.05, 0) is 30.2 Å². The van der Waals surface area contributed by atoms with E-state index in [4.69, 9.17) is 10.5 Å². The molecule has 1 heterocycles. The van der Waals surface area contributed by atoms with Crippen LogP contribution in [-0.2, 0) is 6.54 Å². The number of hydrogen-bond donors (Lipinski definition) is 1. The van der Waals surface area contributed by atoms with Crippen molar-refractivity contribution >= 4 is 5.69 Å². The number of ether oxygens (including phenoxy) is 1. The molecule has 1 aliphatic heterocycles. The van der Waals surface area contributed by atoms with E-state index in [-0.39, 0.29) is 6.04 Å². The largest absolute Gasteiger partial charge is 0.491 e. The van der Waals surface area contributed by atoms with Gasteiger partial charge in [0.2, 0.25) is 0 Å². The molecule has 0 bridgehead atoms. The zero-order chi connectivity index (χ0) is 14.7. The number of fused-ring (bicyclic) bond motifs is 1. The monoisotopic (exact) mass is 282 g/mol. The number of nitrogens with zero attached hydrogens (tertiary/aromatic N) is 1. The molecule has 3 nitrogen and oxygen atoms in total. The van der Waals surface area contributed by atoms with Crippen molar-refractivity contribution in [3.8, 4) is 5.75 Å². The molecule has 1 atom stereocenters. The molecule has 0 amide bonds. The fourth-order valence-corrected chi connectivity index (χ4v) is 2.71. The Morgan fingerprint density at radius 1 is 1.14 bits per heavy atom. The molecule has 1 aliphatic rings. The van der Waals surface area contributed by atoms with Crippen molar-refractivity contribution in [3.05, 3.63) is 59.7 Å². The van der Waals surface area contributed by atoms with Crippen molar-refractivity contribution in [2.45, 2.75) is 25.9 Å². The molecule has 2 N–H and O–H groups in total. The van der Waals surface area contributed by atoms with Crippen molar-refractivity contribution in [2.24, 2.45) is 5.73 Å². The zero-order valence-electron chi connectivity index (χ0n) is 12.5. The maximum Gasteiger partial charge on any atom is 0.124 e. The van der Waals surface area contributed by atoms with Crippen LogP contribution >= 0.6 is 0 Å². The highest BCUT2D eigenvalue weighted by atomic mass is 16.5. The summed E-state index contributed by atoms with van der Waals surface area (Å²) in [7, 11) is 0. The van der Waals surface area contributed by atoms with Gasteiger partial charge in [-0.25, -0.2) is 0 Å². The molecule has 0 saturated heterocycles. The van der Waals surface area contributed by atoms with Crippen LogP contribution in [0.5, 0.6) is 5.75 Å². The Morgan fingerprint density at radius 2 is 1.90 bits per heavy atom. The lowest BCUT2D eigenvalue weighted by Gasteiger charge is -2.23. The van der Waals surface area contributed by atoms with Crippen molar-refractivity contribution in [2.75, 3.05) is 18.1 Å². The van der Waals surface area contributed by atoms with Crippen LogP contribution in [-0.4, -0.2) is 13.2 Å². The number of benzene rings is 2. The topological polar surface area (TPSA) is 38.5 Å². The van der Waals surface area contributed by atoms with E-state index in [1.807, 2.05) is 12.1 Å². The molecular formula is C18H22N2O. The van der Waals surface area contributed by atoms with E-state index in [1.54, 1.807) is 0 Å². The van der Waals surface area contributed by atoms with Gasteiger partial charge < -0.3 is 15.4 Å². The number of anilines is 1. The molecule has 110 valence electrons. The summed E-state index contributed by atoms with van der Waals surface area (Å²) >= 11 is 0. The van der Waals surface area contributed by atoms with Gasteiger partial charge in [0.25, 0.3) is 0 Å². The summed E-state index contributed by atoms with van der Waals surface area (Å²) in [6, 6.07) is 17.0. The molecule has 2 aromatic rings. The maximum atomic E-state index is 6.08. The highest BCUT2D eigenvalue weighted by molar-refractivity contribution is 5.50. The SMILES string of the molecule is CC[C@H](N)c1ccc(N2CCOc3ccccc3C2)cc1. The number of hydrogen-bond acceptors (Lipinski definition) is 3. The van der Waals surface area contributed by atoms with E-state index in [1.165, 1.54) is 16.8 Å². The van der Waals surface area contributed by atoms with Gasteiger partial charge in [-0.15, -0.1) is 0 Å². The van der Waals surface area contributed by atoms with Crippen molar-refractivity contribution in [3.63, 3.8) is 0 Å². The second kappa shape index (κ2) is 6.19. The van der Waals surface area contributed by atoms with Crippen molar-refractivity contribution in [1.82, 2.24) is 0 Å². The second-order valence-corrected chi connectivity index (χ2v) is 5.48. The average Bonchev–Trinajstić information content (AvgIpc) is 2.76. The number of nitrogens with two attached hydrogens (primary N) is 1. The Labute approximate surface area is 126 Å². The van der Waals surface area contributed by atoms with Gasteiger partial charge in [-0.1, -0.05) is 37.3 Å². The third kappa shape index (κ3) is 3.03. The fraction of sp³-hybridized carbons (Fsp3) is 0.333. The Hall–Kier alpha value is -2.00. The van der Waals surface area contributed by atoms with Gasteiger partial charge >= 0.3 is 0 Å². The van der Waals surface area contributed by atoms with E-state index >= 15 is 0 Å². The highest BCUT2D eigenvalue weighted by Gasteiger charge is 2.15. The van der Waals surface area contributed by atoms with Crippen LogP contribution in [0.15, 0.2) is 48.5 Å². The number of rotatable bonds is 3. The smallest absolute Gasteiger partial charge is 0.124 e. The van der Waals surface area contributed by atoms with Crippen molar-refractivity contribution < 1.29 is 4.74 Å². The van der Waals surface area contributed by atoms with Crippen LogP contribution in [0.2, 0.25) is 0 Å². The summed E-state index contributed by atoms with van der Waals surface area (Å²) in [6.45, 7) is 4.61. The van der Waals surface area contributed by atoms with Crippen LogP contribution in [0.1, 0.15) is 30.5 Å². The Kier molecular flexibility index (Phi) is 4.11. The molecule has 21 heavy (non-hydrogen) atoms. The molecule has 2 aromatic carbocycles. The number of para-hydroxylation sites is 1. The van der Waals surface area contributed by atoms with Gasteiger partial charge in [0, 0.05) is 23.8 Å². The minimum absolute atomic E-state index is 0.132. The quantitative estimate of drug-likeness (QED) is 0.936. The zero-order valence-corrected chi connectivity index (χ0v) is 12.5. The molecule has 0 spiro atoms. The summed E-state index contributed by atoms with van der Waals surface area (Å²) in [5.74, 6) is 1.00. The van der Waals surface area contributed by atoms with E-state index in [0.717, 1.165) is 25.3 Å². The molecule has 0 unspecified atom stereocenters. The van der Waals surface area contributed by atoms with Gasteiger partial charge in [0.05, 0.1) is 6.54 Å². The normalized spacial score (nSPS) is 15.8. The third-order valence-electron chi connectivity index (χ3n) is 4.08. The minimum atomic E-state index is 0.132. The lowest BCUT2D eigenvalue weighted by Crippen LogP contribution is -2.25. The third-order valence-corrected chi connectivity index (χ3v) is 4.08.